The van der Waals surface area contributed by atoms with Crippen LogP contribution in [0.1, 0.15) is 6.92 Å². The van der Waals surface area contributed by atoms with Gasteiger partial charge in [-0.1, -0.05) is 24.3 Å². The molecule has 0 bridgehead atoms. The molecule has 1 saturated heterocycles. The third kappa shape index (κ3) is 4.64. The van der Waals surface area contributed by atoms with Gasteiger partial charge in [-0.05, 0) is 31.2 Å². The van der Waals surface area contributed by atoms with Crippen LogP contribution in [0.15, 0.2) is 48.5 Å². The lowest BCUT2D eigenvalue weighted by molar-refractivity contribution is -0.133. The molecule has 2 aromatic rings. The highest BCUT2D eigenvalue weighted by Crippen LogP contribution is 2.29. The van der Waals surface area contributed by atoms with E-state index < -0.39 is 0 Å². The highest BCUT2D eigenvalue weighted by Gasteiger charge is 2.23. The fourth-order valence-corrected chi connectivity index (χ4v) is 3.16. The number of nitrogens with zero attached hydrogens (tertiary/aromatic N) is 2. The number of hydrogen-bond acceptors (Lipinski definition) is 5. The van der Waals surface area contributed by atoms with Crippen LogP contribution in [-0.4, -0.2) is 57.3 Å². The molecule has 1 aliphatic rings. The molecular formula is C21H26N2O4. The van der Waals surface area contributed by atoms with Gasteiger partial charge in [0.1, 0.15) is 5.75 Å². The van der Waals surface area contributed by atoms with E-state index >= 15 is 0 Å². The first-order valence-electron chi connectivity index (χ1n) is 9.23. The van der Waals surface area contributed by atoms with E-state index in [0.29, 0.717) is 31.2 Å². The van der Waals surface area contributed by atoms with Crippen molar-refractivity contribution in [1.82, 2.24) is 4.90 Å². The number of hydrogen-bond donors (Lipinski definition) is 0. The summed E-state index contributed by atoms with van der Waals surface area (Å²) < 4.78 is 16.6. The van der Waals surface area contributed by atoms with Gasteiger partial charge < -0.3 is 24.0 Å². The Morgan fingerprint density at radius 2 is 1.52 bits per heavy atom. The number of benzene rings is 2. The fraction of sp³-hybridized carbons (Fsp3) is 0.381. The summed E-state index contributed by atoms with van der Waals surface area (Å²) in [6.45, 7) is 5.49. The average molecular weight is 370 g/mol. The zero-order valence-electron chi connectivity index (χ0n) is 15.9. The quantitative estimate of drug-likeness (QED) is 0.750. The second kappa shape index (κ2) is 9.16. The van der Waals surface area contributed by atoms with Gasteiger partial charge in [-0.2, -0.15) is 0 Å². The second-order valence-electron chi connectivity index (χ2n) is 6.21. The highest BCUT2D eigenvalue weighted by molar-refractivity contribution is 5.78. The van der Waals surface area contributed by atoms with Crippen molar-refractivity contribution in [1.29, 1.82) is 0 Å². The van der Waals surface area contributed by atoms with Crippen LogP contribution in [0, 0.1) is 0 Å². The Kier molecular flexibility index (Phi) is 6.41. The lowest BCUT2D eigenvalue weighted by atomic mass is 10.2. The number of carbonyl (C=O) groups is 1. The molecule has 1 amide bonds. The smallest absolute Gasteiger partial charge is 0.260 e. The van der Waals surface area contributed by atoms with Crippen LogP contribution in [0.25, 0.3) is 0 Å². The Hall–Kier alpha value is -2.89. The van der Waals surface area contributed by atoms with E-state index in [4.69, 9.17) is 14.2 Å². The molecule has 6 heteroatoms. The molecule has 2 aromatic carbocycles. The number of piperazine rings is 1. The molecule has 0 N–H and O–H groups in total. The monoisotopic (exact) mass is 370 g/mol. The summed E-state index contributed by atoms with van der Waals surface area (Å²) in [4.78, 5) is 16.6. The van der Waals surface area contributed by atoms with Crippen molar-refractivity contribution in [2.24, 2.45) is 0 Å². The van der Waals surface area contributed by atoms with Crippen LogP contribution in [-0.2, 0) is 4.79 Å². The van der Waals surface area contributed by atoms with Crippen LogP contribution >= 0.6 is 0 Å². The predicted molar refractivity (Wildman–Crippen MR) is 105 cm³/mol. The Labute approximate surface area is 160 Å². The molecule has 0 atom stereocenters. The first-order chi connectivity index (χ1) is 13.2. The first kappa shape index (κ1) is 18.9. The third-order valence-electron chi connectivity index (χ3n) is 4.56. The number of rotatable bonds is 7. The van der Waals surface area contributed by atoms with Gasteiger partial charge in [0.25, 0.3) is 5.91 Å². The maximum absolute atomic E-state index is 12.5. The molecule has 1 aliphatic heterocycles. The maximum atomic E-state index is 12.5. The van der Waals surface area contributed by atoms with Gasteiger partial charge in [0.05, 0.1) is 19.4 Å². The summed E-state index contributed by atoms with van der Waals surface area (Å²) >= 11 is 0. The van der Waals surface area contributed by atoms with Crippen LogP contribution < -0.4 is 19.1 Å². The summed E-state index contributed by atoms with van der Waals surface area (Å²) in [6, 6.07) is 15.4. The zero-order valence-corrected chi connectivity index (χ0v) is 15.9. The molecule has 0 spiro atoms. The van der Waals surface area contributed by atoms with Crippen LogP contribution in [0.2, 0.25) is 0 Å². The number of carbonyl (C=O) groups excluding carboxylic acids is 1. The predicted octanol–water partition coefficient (Wildman–Crippen LogP) is 2.82. The van der Waals surface area contributed by atoms with E-state index in [1.165, 1.54) is 0 Å². The van der Waals surface area contributed by atoms with Gasteiger partial charge in [0.15, 0.2) is 18.1 Å². The molecule has 27 heavy (non-hydrogen) atoms. The number of methoxy groups -OCH3 is 1. The largest absolute Gasteiger partial charge is 0.493 e. The number of amides is 1. The van der Waals surface area contributed by atoms with Crippen LogP contribution in [0.4, 0.5) is 5.69 Å². The topological polar surface area (TPSA) is 51.2 Å². The summed E-state index contributed by atoms with van der Waals surface area (Å²) in [6.07, 6.45) is 0. The summed E-state index contributed by atoms with van der Waals surface area (Å²) in [5.74, 6) is 2.08. The Morgan fingerprint density at radius 3 is 2.19 bits per heavy atom. The second-order valence-corrected chi connectivity index (χ2v) is 6.21. The van der Waals surface area contributed by atoms with Gasteiger partial charge in [0, 0.05) is 26.2 Å². The van der Waals surface area contributed by atoms with E-state index in [2.05, 4.69) is 11.0 Å². The molecule has 1 heterocycles. The van der Waals surface area contributed by atoms with Gasteiger partial charge in [-0.25, -0.2) is 0 Å². The minimum absolute atomic E-state index is 0.00983. The Balaban J connectivity index is 1.54. The molecule has 0 aliphatic carbocycles. The number of ether oxygens (including phenoxy) is 3. The lowest BCUT2D eigenvalue weighted by Gasteiger charge is -2.36. The van der Waals surface area contributed by atoms with E-state index in [1.807, 2.05) is 48.2 Å². The standard InChI is InChI=1S/C21H26N2O4/c1-3-26-18-9-5-4-8-17(18)22-12-14-23(15-13-22)21(24)16-27-20-11-7-6-10-19(20)25-2/h4-11H,3,12-16H2,1-2H3. The highest BCUT2D eigenvalue weighted by atomic mass is 16.5. The molecule has 0 saturated carbocycles. The van der Waals surface area contributed by atoms with Crippen molar-refractivity contribution in [2.45, 2.75) is 6.92 Å². The lowest BCUT2D eigenvalue weighted by Crippen LogP contribution is -2.50. The Bertz CT molecular complexity index is 757. The molecule has 0 unspecified atom stereocenters. The van der Waals surface area contributed by atoms with Gasteiger partial charge in [-0.15, -0.1) is 0 Å². The van der Waals surface area contributed by atoms with Crippen molar-refractivity contribution in [3.05, 3.63) is 48.5 Å². The number of para-hydroxylation sites is 4. The van der Waals surface area contributed by atoms with Crippen LogP contribution in [0.5, 0.6) is 17.2 Å². The Morgan fingerprint density at radius 1 is 0.889 bits per heavy atom. The molecule has 6 nitrogen and oxygen atoms in total. The molecule has 0 radical (unpaired) electrons. The SMILES string of the molecule is CCOc1ccccc1N1CCN(C(=O)COc2ccccc2OC)CC1. The fourth-order valence-electron chi connectivity index (χ4n) is 3.16. The van der Waals surface area contributed by atoms with E-state index in [0.717, 1.165) is 24.5 Å². The van der Waals surface area contributed by atoms with Crippen molar-refractivity contribution in [3.63, 3.8) is 0 Å². The average Bonchev–Trinajstić information content (AvgIpc) is 2.73. The van der Waals surface area contributed by atoms with Crippen LogP contribution in [0.3, 0.4) is 0 Å². The van der Waals surface area contributed by atoms with Gasteiger partial charge in [-0.3, -0.25) is 4.79 Å². The van der Waals surface area contributed by atoms with E-state index in [1.54, 1.807) is 13.2 Å². The molecule has 0 aromatic heterocycles. The van der Waals surface area contributed by atoms with Crippen molar-refractivity contribution in [2.75, 3.05) is 51.4 Å². The summed E-state index contributed by atoms with van der Waals surface area (Å²) in [7, 11) is 1.59. The van der Waals surface area contributed by atoms with E-state index in [-0.39, 0.29) is 12.5 Å². The minimum atomic E-state index is -0.0151. The van der Waals surface area contributed by atoms with E-state index in [9.17, 15) is 4.79 Å². The molecule has 3 rings (SSSR count). The molecule has 144 valence electrons. The van der Waals surface area contributed by atoms with Crippen molar-refractivity contribution in [3.8, 4) is 17.2 Å². The molecule has 1 fully saturated rings. The summed E-state index contributed by atoms with van der Waals surface area (Å²) in [5, 5.41) is 0. The van der Waals surface area contributed by atoms with Crippen molar-refractivity contribution < 1.29 is 19.0 Å². The first-order valence-corrected chi connectivity index (χ1v) is 9.23. The maximum Gasteiger partial charge on any atom is 0.260 e. The minimum Gasteiger partial charge on any atom is -0.493 e. The normalized spacial score (nSPS) is 14.0. The summed E-state index contributed by atoms with van der Waals surface area (Å²) in [5.41, 5.74) is 1.08. The van der Waals surface area contributed by atoms with Gasteiger partial charge >= 0.3 is 0 Å². The molecular weight excluding hydrogens is 344 g/mol. The zero-order chi connectivity index (χ0) is 19.1. The third-order valence-corrected chi connectivity index (χ3v) is 4.56. The number of anilines is 1. The van der Waals surface area contributed by atoms with Crippen molar-refractivity contribution >= 4 is 11.6 Å². The van der Waals surface area contributed by atoms with Gasteiger partial charge in [0.2, 0.25) is 0 Å².